The molecular formula is C11H13Cl2N. The lowest BCUT2D eigenvalue weighted by atomic mass is 9.67. The fraction of sp³-hybridized carbons (Fsp3) is 0.455. The molecule has 0 saturated heterocycles. The summed E-state index contributed by atoms with van der Waals surface area (Å²) < 4.78 is 0. The summed E-state index contributed by atoms with van der Waals surface area (Å²) in [4.78, 5) is 0. The maximum atomic E-state index is 6.14. The van der Waals surface area contributed by atoms with Crippen LogP contribution >= 0.6 is 23.2 Å². The normalized spacial score (nSPS) is 31.3. The standard InChI is InChI=1S/C11H13Cl2N/c1-6-8(5-10(6)14)7-3-2-4-9(12)11(7)13/h2-4,6,8,10H,5,14H2,1H3. The van der Waals surface area contributed by atoms with Crippen LogP contribution < -0.4 is 5.73 Å². The Hall–Kier alpha value is -0.240. The van der Waals surface area contributed by atoms with Gasteiger partial charge in [0.1, 0.15) is 0 Å². The Morgan fingerprint density at radius 2 is 2.07 bits per heavy atom. The van der Waals surface area contributed by atoms with Crippen LogP contribution in [0.4, 0.5) is 0 Å². The Morgan fingerprint density at radius 1 is 1.36 bits per heavy atom. The molecule has 76 valence electrons. The lowest BCUT2D eigenvalue weighted by Crippen LogP contribution is -2.44. The van der Waals surface area contributed by atoms with Gasteiger partial charge in [0.15, 0.2) is 0 Å². The fourth-order valence-electron chi connectivity index (χ4n) is 2.04. The molecule has 14 heavy (non-hydrogen) atoms. The molecule has 0 bridgehead atoms. The van der Waals surface area contributed by atoms with Crippen LogP contribution in [-0.2, 0) is 0 Å². The molecular weight excluding hydrogens is 217 g/mol. The van der Waals surface area contributed by atoms with Crippen molar-refractivity contribution in [2.45, 2.75) is 25.3 Å². The number of halogens is 2. The Kier molecular flexibility index (Phi) is 2.74. The van der Waals surface area contributed by atoms with Crippen LogP contribution in [0.1, 0.15) is 24.8 Å². The third-order valence-corrected chi connectivity index (χ3v) is 4.05. The number of rotatable bonds is 1. The van der Waals surface area contributed by atoms with E-state index in [2.05, 4.69) is 6.92 Å². The third-order valence-electron chi connectivity index (χ3n) is 3.22. The van der Waals surface area contributed by atoms with Gasteiger partial charge in [-0.1, -0.05) is 42.3 Å². The highest BCUT2D eigenvalue weighted by atomic mass is 35.5. The SMILES string of the molecule is CC1C(N)CC1c1cccc(Cl)c1Cl. The zero-order chi connectivity index (χ0) is 10.3. The van der Waals surface area contributed by atoms with Crippen LogP contribution in [0.2, 0.25) is 10.0 Å². The fourth-order valence-corrected chi connectivity index (χ4v) is 2.49. The predicted octanol–water partition coefficient (Wildman–Crippen LogP) is 3.44. The highest BCUT2D eigenvalue weighted by Crippen LogP contribution is 2.45. The topological polar surface area (TPSA) is 26.0 Å². The van der Waals surface area contributed by atoms with Crippen molar-refractivity contribution >= 4 is 23.2 Å². The second kappa shape index (κ2) is 3.73. The van der Waals surface area contributed by atoms with E-state index >= 15 is 0 Å². The van der Waals surface area contributed by atoms with Crippen LogP contribution in [0.5, 0.6) is 0 Å². The molecule has 0 radical (unpaired) electrons. The zero-order valence-corrected chi connectivity index (χ0v) is 9.52. The minimum absolute atomic E-state index is 0.315. The van der Waals surface area contributed by atoms with E-state index in [0.717, 1.165) is 12.0 Å². The Balaban J connectivity index is 2.29. The van der Waals surface area contributed by atoms with Gasteiger partial charge in [-0.2, -0.15) is 0 Å². The summed E-state index contributed by atoms with van der Waals surface area (Å²) in [6.07, 6.45) is 1.02. The van der Waals surface area contributed by atoms with Crippen molar-refractivity contribution in [1.29, 1.82) is 0 Å². The molecule has 1 aliphatic carbocycles. The molecule has 3 atom stereocenters. The van der Waals surface area contributed by atoms with Gasteiger partial charge in [-0.05, 0) is 29.9 Å². The lowest BCUT2D eigenvalue weighted by Gasteiger charge is -2.41. The molecule has 3 heteroatoms. The molecule has 1 aromatic rings. The maximum absolute atomic E-state index is 6.14. The molecule has 1 nitrogen and oxygen atoms in total. The van der Waals surface area contributed by atoms with Crippen molar-refractivity contribution in [1.82, 2.24) is 0 Å². The number of hydrogen-bond acceptors (Lipinski definition) is 1. The molecule has 1 aliphatic rings. The molecule has 0 heterocycles. The van der Waals surface area contributed by atoms with E-state index in [4.69, 9.17) is 28.9 Å². The molecule has 0 spiro atoms. The highest BCUT2D eigenvalue weighted by molar-refractivity contribution is 6.42. The first-order valence-electron chi connectivity index (χ1n) is 4.80. The molecule has 2 N–H and O–H groups in total. The van der Waals surface area contributed by atoms with Crippen molar-refractivity contribution in [3.8, 4) is 0 Å². The van der Waals surface area contributed by atoms with Gasteiger partial charge in [0.25, 0.3) is 0 Å². The quantitative estimate of drug-likeness (QED) is 0.785. The van der Waals surface area contributed by atoms with Crippen molar-refractivity contribution < 1.29 is 0 Å². The number of hydrogen-bond donors (Lipinski definition) is 1. The average Bonchev–Trinajstić information content (AvgIpc) is 2.19. The monoisotopic (exact) mass is 229 g/mol. The van der Waals surface area contributed by atoms with Crippen LogP contribution in [0.15, 0.2) is 18.2 Å². The number of benzene rings is 1. The van der Waals surface area contributed by atoms with Crippen LogP contribution in [0.3, 0.4) is 0 Å². The van der Waals surface area contributed by atoms with Crippen LogP contribution in [0, 0.1) is 5.92 Å². The van der Waals surface area contributed by atoms with Gasteiger partial charge >= 0.3 is 0 Å². The molecule has 2 rings (SSSR count). The van der Waals surface area contributed by atoms with E-state index in [0.29, 0.717) is 27.9 Å². The third kappa shape index (κ3) is 1.54. The lowest BCUT2D eigenvalue weighted by molar-refractivity contribution is 0.227. The Bertz CT molecular complexity index is 351. The molecule has 0 aliphatic heterocycles. The van der Waals surface area contributed by atoms with Gasteiger partial charge in [0.2, 0.25) is 0 Å². The Labute approximate surface area is 94.2 Å². The summed E-state index contributed by atoms with van der Waals surface area (Å²) in [6.45, 7) is 2.16. The van der Waals surface area contributed by atoms with Gasteiger partial charge < -0.3 is 5.73 Å². The summed E-state index contributed by atoms with van der Waals surface area (Å²) in [5.41, 5.74) is 7.01. The van der Waals surface area contributed by atoms with Crippen molar-refractivity contribution in [3.05, 3.63) is 33.8 Å². The van der Waals surface area contributed by atoms with E-state index in [1.807, 2.05) is 18.2 Å². The van der Waals surface area contributed by atoms with Crippen molar-refractivity contribution in [2.24, 2.45) is 11.7 Å². The second-order valence-corrected chi connectivity index (χ2v) is 4.79. The van der Waals surface area contributed by atoms with Crippen molar-refractivity contribution in [2.75, 3.05) is 0 Å². The van der Waals surface area contributed by atoms with E-state index in [9.17, 15) is 0 Å². The summed E-state index contributed by atoms with van der Waals surface area (Å²) in [6, 6.07) is 6.12. The zero-order valence-electron chi connectivity index (χ0n) is 8.00. The van der Waals surface area contributed by atoms with E-state index < -0.39 is 0 Å². The van der Waals surface area contributed by atoms with Gasteiger partial charge in [-0.25, -0.2) is 0 Å². The predicted molar refractivity (Wildman–Crippen MR) is 61.0 cm³/mol. The summed E-state index contributed by atoms with van der Waals surface area (Å²) in [5.74, 6) is 0.988. The molecule has 0 aromatic heterocycles. The van der Waals surface area contributed by atoms with E-state index in [1.54, 1.807) is 0 Å². The molecule has 1 aromatic carbocycles. The summed E-state index contributed by atoms with van der Waals surface area (Å²) in [7, 11) is 0. The minimum atomic E-state index is 0.315. The van der Waals surface area contributed by atoms with Gasteiger partial charge in [0.05, 0.1) is 10.0 Å². The first-order valence-corrected chi connectivity index (χ1v) is 5.56. The van der Waals surface area contributed by atoms with E-state index in [-0.39, 0.29) is 0 Å². The maximum Gasteiger partial charge on any atom is 0.0627 e. The molecule has 0 amide bonds. The van der Waals surface area contributed by atoms with E-state index in [1.165, 1.54) is 0 Å². The first kappa shape index (κ1) is 10.3. The summed E-state index contributed by atoms with van der Waals surface area (Å²) in [5, 5.41) is 1.33. The largest absolute Gasteiger partial charge is 0.327 e. The van der Waals surface area contributed by atoms with Gasteiger partial charge in [0, 0.05) is 6.04 Å². The van der Waals surface area contributed by atoms with Crippen LogP contribution in [0.25, 0.3) is 0 Å². The highest BCUT2D eigenvalue weighted by Gasteiger charge is 2.37. The number of nitrogens with two attached hydrogens (primary N) is 1. The second-order valence-electron chi connectivity index (χ2n) is 4.01. The van der Waals surface area contributed by atoms with Gasteiger partial charge in [-0.15, -0.1) is 0 Å². The first-order chi connectivity index (χ1) is 6.61. The average molecular weight is 230 g/mol. The Morgan fingerprint density at radius 3 is 2.64 bits per heavy atom. The summed E-state index contributed by atoms with van der Waals surface area (Å²) >= 11 is 12.1. The smallest absolute Gasteiger partial charge is 0.0627 e. The minimum Gasteiger partial charge on any atom is -0.327 e. The molecule has 3 unspecified atom stereocenters. The van der Waals surface area contributed by atoms with Gasteiger partial charge in [-0.3, -0.25) is 0 Å². The molecule has 1 saturated carbocycles. The van der Waals surface area contributed by atoms with Crippen molar-refractivity contribution in [3.63, 3.8) is 0 Å². The van der Waals surface area contributed by atoms with Crippen LogP contribution in [-0.4, -0.2) is 6.04 Å². The molecule has 1 fully saturated rings.